The summed E-state index contributed by atoms with van der Waals surface area (Å²) in [6.45, 7) is 4.03. The Kier molecular flexibility index (Phi) is 6.84. The van der Waals surface area contributed by atoms with Gasteiger partial charge in [-0.25, -0.2) is 0 Å². The lowest BCUT2D eigenvalue weighted by molar-refractivity contribution is 0.175. The molecule has 1 unspecified atom stereocenters. The van der Waals surface area contributed by atoms with Crippen LogP contribution in [-0.2, 0) is 20.7 Å². The molecular formula is C19H24O5S. The van der Waals surface area contributed by atoms with Crippen LogP contribution in [0.25, 0.3) is 0 Å². The molecule has 0 aromatic heterocycles. The predicted molar refractivity (Wildman–Crippen MR) is 97.8 cm³/mol. The Bertz CT molecular complexity index is 772. The average Bonchev–Trinajstić information content (AvgIpc) is 2.56. The summed E-state index contributed by atoms with van der Waals surface area (Å²) in [5.41, 5.74) is 1.14. The Balaban J connectivity index is 2.08. The fourth-order valence-electron chi connectivity index (χ4n) is 2.21. The smallest absolute Gasteiger partial charge is 0.264 e. The summed E-state index contributed by atoms with van der Waals surface area (Å²) in [4.78, 5) is 0. The van der Waals surface area contributed by atoms with Gasteiger partial charge in [-0.15, -0.1) is 0 Å². The standard InChI is InChI=1S/C19H24O5S/c1-4-16-10-11-18(23-15(2)12-13-22-25(3,20)21)19(14-16)24-17-8-6-5-7-9-17/h5-11,14-15H,4,12-13H2,1-3H3. The minimum Gasteiger partial charge on any atom is -0.487 e. The fourth-order valence-corrected chi connectivity index (χ4v) is 2.61. The van der Waals surface area contributed by atoms with Gasteiger partial charge in [0.25, 0.3) is 10.1 Å². The first kappa shape index (κ1) is 19.3. The van der Waals surface area contributed by atoms with Crippen molar-refractivity contribution in [2.24, 2.45) is 0 Å². The van der Waals surface area contributed by atoms with Gasteiger partial charge in [0.1, 0.15) is 5.75 Å². The normalized spacial score (nSPS) is 12.6. The number of para-hydroxylation sites is 1. The van der Waals surface area contributed by atoms with Crippen LogP contribution in [-0.4, -0.2) is 27.4 Å². The van der Waals surface area contributed by atoms with Crippen molar-refractivity contribution in [2.75, 3.05) is 12.9 Å². The quantitative estimate of drug-likeness (QED) is 0.625. The van der Waals surface area contributed by atoms with Crippen LogP contribution in [0.1, 0.15) is 25.8 Å². The second-order valence-electron chi connectivity index (χ2n) is 5.79. The molecule has 0 heterocycles. The van der Waals surface area contributed by atoms with Crippen molar-refractivity contribution in [3.8, 4) is 17.2 Å². The molecule has 0 saturated carbocycles. The van der Waals surface area contributed by atoms with Crippen LogP contribution < -0.4 is 9.47 Å². The van der Waals surface area contributed by atoms with Gasteiger partial charge in [-0.1, -0.05) is 31.2 Å². The van der Waals surface area contributed by atoms with Gasteiger partial charge in [-0.3, -0.25) is 4.18 Å². The van der Waals surface area contributed by atoms with Crippen LogP contribution in [0.4, 0.5) is 0 Å². The van der Waals surface area contributed by atoms with Crippen molar-refractivity contribution >= 4 is 10.1 Å². The van der Waals surface area contributed by atoms with E-state index in [9.17, 15) is 8.42 Å². The number of benzene rings is 2. The molecule has 2 aromatic carbocycles. The minimum atomic E-state index is -3.43. The third-order valence-corrected chi connectivity index (χ3v) is 4.13. The van der Waals surface area contributed by atoms with Gasteiger partial charge in [-0.2, -0.15) is 8.42 Å². The predicted octanol–water partition coefficient (Wildman–Crippen LogP) is 4.17. The first-order valence-corrected chi connectivity index (χ1v) is 10.1. The lowest BCUT2D eigenvalue weighted by Crippen LogP contribution is -2.16. The molecule has 0 spiro atoms. The average molecular weight is 364 g/mol. The molecule has 0 fully saturated rings. The molecule has 0 aliphatic rings. The molecule has 5 nitrogen and oxygen atoms in total. The number of hydrogen-bond donors (Lipinski definition) is 0. The highest BCUT2D eigenvalue weighted by molar-refractivity contribution is 7.85. The molecule has 0 N–H and O–H groups in total. The number of aryl methyl sites for hydroxylation is 1. The van der Waals surface area contributed by atoms with Gasteiger partial charge in [0, 0.05) is 6.42 Å². The van der Waals surface area contributed by atoms with E-state index in [1.807, 2.05) is 55.5 Å². The van der Waals surface area contributed by atoms with E-state index in [0.29, 0.717) is 17.9 Å². The SMILES string of the molecule is CCc1ccc(OC(C)CCOS(C)(=O)=O)c(Oc2ccccc2)c1. The molecule has 6 heteroatoms. The van der Waals surface area contributed by atoms with Gasteiger partial charge in [0.15, 0.2) is 11.5 Å². The van der Waals surface area contributed by atoms with Crippen molar-refractivity contribution in [1.82, 2.24) is 0 Å². The van der Waals surface area contributed by atoms with Crippen LogP contribution in [0.5, 0.6) is 17.2 Å². The Labute approximate surface area is 149 Å². The maximum atomic E-state index is 11.0. The molecule has 136 valence electrons. The molecule has 0 saturated heterocycles. The van der Waals surface area contributed by atoms with Crippen molar-refractivity contribution in [1.29, 1.82) is 0 Å². The minimum absolute atomic E-state index is 0.0852. The highest BCUT2D eigenvalue weighted by atomic mass is 32.2. The third kappa shape index (κ3) is 6.76. The van der Waals surface area contributed by atoms with Crippen LogP contribution in [0.3, 0.4) is 0 Å². The molecule has 0 bridgehead atoms. The second-order valence-corrected chi connectivity index (χ2v) is 7.44. The third-order valence-electron chi connectivity index (χ3n) is 3.54. The molecule has 0 radical (unpaired) electrons. The van der Waals surface area contributed by atoms with Gasteiger partial charge in [0.2, 0.25) is 0 Å². The monoisotopic (exact) mass is 364 g/mol. The summed E-state index contributed by atoms with van der Waals surface area (Å²) >= 11 is 0. The first-order valence-electron chi connectivity index (χ1n) is 8.24. The maximum Gasteiger partial charge on any atom is 0.264 e. The summed E-state index contributed by atoms with van der Waals surface area (Å²) in [6, 6.07) is 15.3. The molecular weight excluding hydrogens is 340 g/mol. The number of ether oxygens (including phenoxy) is 2. The maximum absolute atomic E-state index is 11.0. The molecule has 25 heavy (non-hydrogen) atoms. The zero-order valence-corrected chi connectivity index (χ0v) is 15.6. The molecule has 1 atom stereocenters. The highest BCUT2D eigenvalue weighted by Gasteiger charge is 2.12. The van der Waals surface area contributed by atoms with Crippen LogP contribution >= 0.6 is 0 Å². The molecule has 0 amide bonds. The van der Waals surface area contributed by atoms with Gasteiger partial charge < -0.3 is 9.47 Å². The van der Waals surface area contributed by atoms with Gasteiger partial charge >= 0.3 is 0 Å². The summed E-state index contributed by atoms with van der Waals surface area (Å²) < 4.78 is 38.7. The van der Waals surface area contributed by atoms with E-state index >= 15 is 0 Å². The van der Waals surface area contributed by atoms with E-state index in [1.54, 1.807) is 0 Å². The number of hydrogen-bond acceptors (Lipinski definition) is 5. The molecule has 0 aliphatic carbocycles. The second kappa shape index (κ2) is 8.87. The van der Waals surface area contributed by atoms with E-state index in [1.165, 1.54) is 0 Å². The van der Waals surface area contributed by atoms with E-state index < -0.39 is 10.1 Å². The van der Waals surface area contributed by atoms with E-state index in [4.69, 9.17) is 13.7 Å². The topological polar surface area (TPSA) is 61.8 Å². The van der Waals surface area contributed by atoms with Crippen LogP contribution in [0, 0.1) is 0 Å². The lowest BCUT2D eigenvalue weighted by atomic mass is 10.1. The Morgan fingerprint density at radius 3 is 2.40 bits per heavy atom. The summed E-state index contributed by atoms with van der Waals surface area (Å²) in [5.74, 6) is 1.99. The van der Waals surface area contributed by atoms with Crippen molar-refractivity contribution in [2.45, 2.75) is 32.8 Å². The van der Waals surface area contributed by atoms with Crippen molar-refractivity contribution in [3.63, 3.8) is 0 Å². The van der Waals surface area contributed by atoms with E-state index in [-0.39, 0.29) is 12.7 Å². The summed E-state index contributed by atoms with van der Waals surface area (Å²) in [5, 5.41) is 0. The summed E-state index contributed by atoms with van der Waals surface area (Å²) in [6.07, 6.45) is 2.16. The van der Waals surface area contributed by atoms with E-state index in [2.05, 4.69) is 6.92 Å². The zero-order chi connectivity index (χ0) is 18.3. The van der Waals surface area contributed by atoms with E-state index in [0.717, 1.165) is 24.0 Å². The fraction of sp³-hybridized carbons (Fsp3) is 0.368. The lowest BCUT2D eigenvalue weighted by Gasteiger charge is -2.18. The van der Waals surface area contributed by atoms with Crippen molar-refractivity contribution in [3.05, 3.63) is 54.1 Å². The highest BCUT2D eigenvalue weighted by Crippen LogP contribution is 2.33. The van der Waals surface area contributed by atoms with Crippen LogP contribution in [0.15, 0.2) is 48.5 Å². The van der Waals surface area contributed by atoms with Gasteiger partial charge in [0.05, 0.1) is 19.0 Å². The van der Waals surface area contributed by atoms with Crippen molar-refractivity contribution < 1.29 is 22.1 Å². The Morgan fingerprint density at radius 2 is 1.76 bits per heavy atom. The Hall–Kier alpha value is -2.05. The summed E-state index contributed by atoms with van der Waals surface area (Å²) in [7, 11) is -3.43. The van der Waals surface area contributed by atoms with Crippen LogP contribution in [0.2, 0.25) is 0 Å². The zero-order valence-electron chi connectivity index (χ0n) is 14.8. The molecule has 0 aliphatic heterocycles. The molecule has 2 rings (SSSR count). The Morgan fingerprint density at radius 1 is 1.04 bits per heavy atom. The first-order chi connectivity index (χ1) is 11.9. The number of rotatable bonds is 9. The molecule has 2 aromatic rings. The largest absolute Gasteiger partial charge is 0.487 e. The van der Waals surface area contributed by atoms with Gasteiger partial charge in [-0.05, 0) is 43.2 Å².